The fraction of sp³-hybridized carbons (Fsp3) is 0.412. The van der Waals surface area contributed by atoms with Gasteiger partial charge in [-0.05, 0) is 43.5 Å². The van der Waals surface area contributed by atoms with Crippen LogP contribution in [0.1, 0.15) is 25.3 Å². The van der Waals surface area contributed by atoms with Crippen molar-refractivity contribution in [3.05, 3.63) is 35.9 Å². The number of likely N-dealkylation sites (tertiary alicyclic amines) is 1. The predicted molar refractivity (Wildman–Crippen MR) is 85.1 cm³/mol. The Labute approximate surface area is 130 Å². The van der Waals surface area contributed by atoms with E-state index in [2.05, 4.69) is 0 Å². The second-order valence-corrected chi connectivity index (χ2v) is 5.34. The number of hydrogen-bond donors (Lipinski definition) is 1. The minimum atomic E-state index is -0.267. The molecular weight excluding hydrogens is 280 g/mol. The molecular formula is C17H22N2O3. The third-order valence-electron chi connectivity index (χ3n) is 3.82. The van der Waals surface area contributed by atoms with Gasteiger partial charge in [0.2, 0.25) is 11.8 Å². The molecule has 0 spiro atoms. The number of carbonyl (C=O) groups is 2. The van der Waals surface area contributed by atoms with Crippen LogP contribution in [0.3, 0.4) is 0 Å². The summed E-state index contributed by atoms with van der Waals surface area (Å²) in [5.74, 6) is 0.424. The van der Waals surface area contributed by atoms with Gasteiger partial charge in [0.05, 0.1) is 6.61 Å². The number of rotatable bonds is 5. The van der Waals surface area contributed by atoms with E-state index < -0.39 is 0 Å². The van der Waals surface area contributed by atoms with Crippen molar-refractivity contribution in [2.45, 2.75) is 19.8 Å². The second-order valence-electron chi connectivity index (χ2n) is 5.34. The van der Waals surface area contributed by atoms with E-state index in [1.165, 1.54) is 0 Å². The Morgan fingerprint density at radius 3 is 2.45 bits per heavy atom. The van der Waals surface area contributed by atoms with Crippen molar-refractivity contribution < 1.29 is 14.3 Å². The average Bonchev–Trinajstić information content (AvgIpc) is 2.54. The number of amides is 2. The van der Waals surface area contributed by atoms with E-state index >= 15 is 0 Å². The lowest BCUT2D eigenvalue weighted by Crippen LogP contribution is -2.41. The van der Waals surface area contributed by atoms with Crippen molar-refractivity contribution in [1.82, 2.24) is 4.90 Å². The van der Waals surface area contributed by atoms with Crippen molar-refractivity contribution >= 4 is 17.9 Å². The third-order valence-corrected chi connectivity index (χ3v) is 3.82. The van der Waals surface area contributed by atoms with Crippen LogP contribution in [0.5, 0.6) is 5.75 Å². The molecule has 1 aromatic rings. The lowest BCUT2D eigenvalue weighted by atomic mass is 9.96. The number of piperidine rings is 1. The summed E-state index contributed by atoms with van der Waals surface area (Å²) in [6.45, 7) is 3.74. The molecule has 118 valence electrons. The van der Waals surface area contributed by atoms with Crippen molar-refractivity contribution in [2.75, 3.05) is 19.7 Å². The number of nitrogens with two attached hydrogens (primary N) is 1. The Bertz CT molecular complexity index is 544. The quantitative estimate of drug-likeness (QED) is 0.843. The highest BCUT2D eigenvalue weighted by molar-refractivity contribution is 5.92. The molecule has 1 heterocycles. The minimum absolute atomic E-state index is 0.0307. The molecule has 0 atom stereocenters. The Hall–Kier alpha value is -2.30. The van der Waals surface area contributed by atoms with Gasteiger partial charge in [-0.2, -0.15) is 0 Å². The molecule has 2 N–H and O–H groups in total. The summed E-state index contributed by atoms with van der Waals surface area (Å²) in [5, 5.41) is 0. The molecule has 0 aliphatic carbocycles. The summed E-state index contributed by atoms with van der Waals surface area (Å²) in [7, 11) is 0. The number of primary amides is 1. The van der Waals surface area contributed by atoms with Gasteiger partial charge in [0.25, 0.3) is 0 Å². The highest BCUT2D eigenvalue weighted by atomic mass is 16.5. The van der Waals surface area contributed by atoms with Gasteiger partial charge >= 0.3 is 0 Å². The van der Waals surface area contributed by atoms with Crippen LogP contribution >= 0.6 is 0 Å². The topological polar surface area (TPSA) is 72.6 Å². The van der Waals surface area contributed by atoms with E-state index in [1.807, 2.05) is 31.2 Å². The Balaban J connectivity index is 1.87. The lowest BCUT2D eigenvalue weighted by molar-refractivity contribution is -0.130. The first-order valence-electron chi connectivity index (χ1n) is 7.59. The first kappa shape index (κ1) is 16.1. The third kappa shape index (κ3) is 4.35. The van der Waals surface area contributed by atoms with Gasteiger partial charge in [-0.1, -0.05) is 12.1 Å². The molecule has 1 fully saturated rings. The molecule has 0 saturated carbocycles. The predicted octanol–water partition coefficient (Wildman–Crippen LogP) is 1.82. The monoisotopic (exact) mass is 302 g/mol. The van der Waals surface area contributed by atoms with Crippen LogP contribution in [0.25, 0.3) is 6.08 Å². The first-order valence-corrected chi connectivity index (χ1v) is 7.59. The highest BCUT2D eigenvalue weighted by Crippen LogP contribution is 2.17. The van der Waals surface area contributed by atoms with Crippen LogP contribution in [0, 0.1) is 5.92 Å². The zero-order valence-electron chi connectivity index (χ0n) is 12.8. The molecule has 2 rings (SSSR count). The van der Waals surface area contributed by atoms with Gasteiger partial charge in [-0.3, -0.25) is 9.59 Å². The molecule has 0 radical (unpaired) electrons. The molecule has 1 aliphatic rings. The van der Waals surface area contributed by atoms with Crippen molar-refractivity contribution in [2.24, 2.45) is 11.7 Å². The average molecular weight is 302 g/mol. The lowest BCUT2D eigenvalue weighted by Gasteiger charge is -2.29. The zero-order valence-corrected chi connectivity index (χ0v) is 12.8. The first-order chi connectivity index (χ1) is 10.6. The van der Waals surface area contributed by atoms with E-state index in [9.17, 15) is 9.59 Å². The fourth-order valence-corrected chi connectivity index (χ4v) is 2.50. The van der Waals surface area contributed by atoms with E-state index in [1.54, 1.807) is 17.1 Å². The second kappa shape index (κ2) is 7.64. The van der Waals surface area contributed by atoms with Crippen LogP contribution in [-0.2, 0) is 9.59 Å². The highest BCUT2D eigenvalue weighted by Gasteiger charge is 2.24. The summed E-state index contributed by atoms with van der Waals surface area (Å²) in [6.07, 6.45) is 4.66. The fourth-order valence-electron chi connectivity index (χ4n) is 2.50. The molecule has 5 nitrogen and oxygen atoms in total. The van der Waals surface area contributed by atoms with Crippen molar-refractivity contribution in [1.29, 1.82) is 0 Å². The molecule has 1 aromatic carbocycles. The van der Waals surface area contributed by atoms with Gasteiger partial charge in [0.15, 0.2) is 0 Å². The number of carbonyl (C=O) groups excluding carboxylic acids is 2. The molecule has 0 aromatic heterocycles. The Morgan fingerprint density at radius 1 is 1.27 bits per heavy atom. The van der Waals surface area contributed by atoms with Crippen LogP contribution < -0.4 is 10.5 Å². The summed E-state index contributed by atoms with van der Waals surface area (Å²) in [4.78, 5) is 25.0. The number of ether oxygens (including phenoxy) is 1. The van der Waals surface area contributed by atoms with Gasteiger partial charge in [0.1, 0.15) is 5.75 Å². The molecule has 5 heteroatoms. The standard InChI is InChI=1S/C17H22N2O3/c1-2-22-15-6-3-13(4-7-15)5-8-16(20)19-11-9-14(10-12-19)17(18)21/h3-8,14H,2,9-12H2,1H3,(H2,18,21)/b8-5+. The van der Waals surface area contributed by atoms with E-state index in [0.29, 0.717) is 32.5 Å². The Morgan fingerprint density at radius 2 is 1.91 bits per heavy atom. The van der Waals surface area contributed by atoms with Gasteiger partial charge < -0.3 is 15.4 Å². The largest absolute Gasteiger partial charge is 0.494 e. The maximum atomic E-state index is 12.1. The van der Waals surface area contributed by atoms with Crippen molar-refractivity contribution in [3.63, 3.8) is 0 Å². The summed E-state index contributed by atoms with van der Waals surface area (Å²) in [5.41, 5.74) is 6.24. The van der Waals surface area contributed by atoms with Gasteiger partial charge in [-0.25, -0.2) is 0 Å². The number of nitrogens with zero attached hydrogens (tertiary/aromatic N) is 1. The van der Waals surface area contributed by atoms with Gasteiger partial charge in [-0.15, -0.1) is 0 Å². The SMILES string of the molecule is CCOc1ccc(/C=C/C(=O)N2CCC(C(N)=O)CC2)cc1. The number of hydrogen-bond acceptors (Lipinski definition) is 3. The van der Waals surface area contributed by atoms with Crippen LogP contribution in [-0.4, -0.2) is 36.4 Å². The number of benzene rings is 1. The van der Waals surface area contributed by atoms with Crippen LogP contribution in [0.4, 0.5) is 0 Å². The molecule has 0 bridgehead atoms. The summed E-state index contributed by atoms with van der Waals surface area (Å²) in [6, 6.07) is 7.58. The van der Waals surface area contributed by atoms with E-state index in [-0.39, 0.29) is 17.7 Å². The zero-order chi connectivity index (χ0) is 15.9. The maximum absolute atomic E-state index is 12.1. The summed E-state index contributed by atoms with van der Waals surface area (Å²) >= 11 is 0. The van der Waals surface area contributed by atoms with E-state index in [4.69, 9.17) is 10.5 Å². The van der Waals surface area contributed by atoms with E-state index in [0.717, 1.165) is 11.3 Å². The minimum Gasteiger partial charge on any atom is -0.494 e. The molecule has 2 amide bonds. The Kier molecular flexibility index (Phi) is 5.58. The molecule has 22 heavy (non-hydrogen) atoms. The summed E-state index contributed by atoms with van der Waals surface area (Å²) < 4.78 is 5.37. The smallest absolute Gasteiger partial charge is 0.246 e. The maximum Gasteiger partial charge on any atom is 0.246 e. The molecule has 0 unspecified atom stereocenters. The molecule has 1 aliphatic heterocycles. The van der Waals surface area contributed by atoms with Gasteiger partial charge in [0, 0.05) is 25.1 Å². The van der Waals surface area contributed by atoms with Crippen molar-refractivity contribution in [3.8, 4) is 5.75 Å². The molecule has 1 saturated heterocycles. The van der Waals surface area contributed by atoms with Crippen LogP contribution in [0.15, 0.2) is 30.3 Å². The van der Waals surface area contributed by atoms with Crippen LogP contribution in [0.2, 0.25) is 0 Å². The normalized spacial score (nSPS) is 16.0.